The molecule has 0 heterocycles. The summed E-state index contributed by atoms with van der Waals surface area (Å²) in [6.45, 7) is 0. The van der Waals surface area contributed by atoms with Crippen molar-refractivity contribution >= 4 is 34.8 Å². The van der Waals surface area contributed by atoms with Gasteiger partial charge in [0.2, 0.25) is 0 Å². The minimum Gasteiger partial charge on any atom is -0.205 e. The van der Waals surface area contributed by atoms with E-state index in [1.165, 1.54) is 6.07 Å². The number of rotatable bonds is 5. The minimum absolute atomic E-state index is 0.121. The first kappa shape index (κ1) is 15.6. The maximum absolute atomic E-state index is 13.6. The second-order valence-corrected chi connectivity index (χ2v) is 5.78. The monoisotopic (exact) mass is 330 g/mol. The highest BCUT2D eigenvalue weighted by atomic mass is 35.5. The number of hydrogen-bond donors (Lipinski definition) is 0. The van der Waals surface area contributed by atoms with Crippen LogP contribution in [-0.4, -0.2) is 11.8 Å². The van der Waals surface area contributed by atoms with Crippen LogP contribution in [-0.2, 0) is 11.8 Å². The van der Waals surface area contributed by atoms with Gasteiger partial charge in [-0.3, -0.25) is 0 Å². The SMILES string of the molecule is Fc1cc(CC(CCl)(CCl)c2ccccc2)ccc1Cl. The third kappa shape index (κ3) is 3.28. The molecule has 0 saturated heterocycles. The van der Waals surface area contributed by atoms with Gasteiger partial charge in [0.15, 0.2) is 0 Å². The Morgan fingerprint density at radius 1 is 0.950 bits per heavy atom. The second-order valence-electron chi connectivity index (χ2n) is 4.84. The molecule has 2 aromatic carbocycles. The van der Waals surface area contributed by atoms with Gasteiger partial charge in [-0.2, -0.15) is 0 Å². The highest BCUT2D eigenvalue weighted by molar-refractivity contribution is 6.30. The standard InChI is InChI=1S/C16H14Cl3F/c17-10-16(11-18,13-4-2-1-3-5-13)9-12-6-7-14(19)15(20)8-12/h1-8H,9-11H2. The van der Waals surface area contributed by atoms with E-state index in [4.69, 9.17) is 34.8 Å². The molecule has 4 heteroatoms. The lowest BCUT2D eigenvalue weighted by molar-refractivity contribution is 0.533. The van der Waals surface area contributed by atoms with Crippen LogP contribution < -0.4 is 0 Å². The molecule has 0 saturated carbocycles. The van der Waals surface area contributed by atoms with Gasteiger partial charge in [-0.05, 0) is 29.7 Å². The van der Waals surface area contributed by atoms with E-state index < -0.39 is 11.2 Å². The van der Waals surface area contributed by atoms with Crippen LogP contribution in [0.15, 0.2) is 48.5 Å². The highest BCUT2D eigenvalue weighted by Crippen LogP contribution is 2.32. The first-order valence-electron chi connectivity index (χ1n) is 6.23. The van der Waals surface area contributed by atoms with Crippen LogP contribution in [0.1, 0.15) is 11.1 Å². The summed E-state index contributed by atoms with van der Waals surface area (Å²) in [7, 11) is 0. The Morgan fingerprint density at radius 3 is 2.15 bits per heavy atom. The fourth-order valence-corrected chi connectivity index (χ4v) is 3.12. The van der Waals surface area contributed by atoms with E-state index in [9.17, 15) is 4.39 Å². The van der Waals surface area contributed by atoms with Gasteiger partial charge in [-0.25, -0.2) is 4.39 Å². The summed E-state index contributed by atoms with van der Waals surface area (Å²) in [5.74, 6) is 0.311. The van der Waals surface area contributed by atoms with Crippen molar-refractivity contribution in [3.05, 3.63) is 70.5 Å². The fourth-order valence-electron chi connectivity index (χ4n) is 2.22. The molecule has 0 atom stereocenters. The summed E-state index contributed by atoms with van der Waals surface area (Å²) in [4.78, 5) is 0. The Balaban J connectivity index is 2.36. The largest absolute Gasteiger partial charge is 0.205 e. The van der Waals surface area contributed by atoms with E-state index in [1.807, 2.05) is 36.4 Å². The van der Waals surface area contributed by atoms with Gasteiger partial charge in [0.25, 0.3) is 0 Å². The molecule has 106 valence electrons. The maximum atomic E-state index is 13.6. The molecule has 0 N–H and O–H groups in total. The summed E-state index contributed by atoms with van der Waals surface area (Å²) in [5, 5.41) is 0.121. The zero-order valence-electron chi connectivity index (χ0n) is 10.8. The van der Waals surface area contributed by atoms with Crippen LogP contribution in [0.25, 0.3) is 0 Å². The quantitative estimate of drug-likeness (QED) is 0.640. The van der Waals surface area contributed by atoms with Gasteiger partial charge in [0.1, 0.15) is 5.82 Å². The summed E-state index contributed by atoms with van der Waals surface area (Å²) in [6.07, 6.45) is 0.568. The van der Waals surface area contributed by atoms with Crippen molar-refractivity contribution in [1.82, 2.24) is 0 Å². The van der Waals surface area contributed by atoms with Gasteiger partial charge in [0, 0.05) is 17.2 Å². The molecule has 0 aliphatic carbocycles. The molecule has 0 fully saturated rings. The first-order chi connectivity index (χ1) is 9.61. The van der Waals surface area contributed by atoms with Crippen molar-refractivity contribution < 1.29 is 4.39 Å². The Bertz CT molecular complexity index is 565. The van der Waals surface area contributed by atoms with Gasteiger partial charge in [-0.15, -0.1) is 23.2 Å². The molecule has 2 rings (SSSR count). The molecule has 0 amide bonds. The smallest absolute Gasteiger partial charge is 0.142 e. The van der Waals surface area contributed by atoms with E-state index in [-0.39, 0.29) is 5.02 Å². The maximum Gasteiger partial charge on any atom is 0.142 e. The van der Waals surface area contributed by atoms with E-state index >= 15 is 0 Å². The molecule has 0 bridgehead atoms. The Hall–Kier alpha value is -0.760. The van der Waals surface area contributed by atoms with Crippen molar-refractivity contribution in [2.75, 3.05) is 11.8 Å². The molecule has 20 heavy (non-hydrogen) atoms. The lowest BCUT2D eigenvalue weighted by Crippen LogP contribution is -2.33. The molecular weight excluding hydrogens is 318 g/mol. The predicted octanol–water partition coefficient (Wildman–Crippen LogP) is 5.44. The lowest BCUT2D eigenvalue weighted by Gasteiger charge is -2.30. The number of hydrogen-bond acceptors (Lipinski definition) is 0. The topological polar surface area (TPSA) is 0 Å². The van der Waals surface area contributed by atoms with Crippen LogP contribution in [0.2, 0.25) is 5.02 Å². The summed E-state index contributed by atoms with van der Waals surface area (Å²) in [5.41, 5.74) is 1.47. The van der Waals surface area contributed by atoms with E-state index in [2.05, 4.69) is 0 Å². The average Bonchev–Trinajstić information content (AvgIpc) is 2.49. The highest BCUT2D eigenvalue weighted by Gasteiger charge is 2.31. The molecule has 0 nitrogen and oxygen atoms in total. The van der Waals surface area contributed by atoms with Gasteiger partial charge in [0.05, 0.1) is 5.02 Å². The normalized spacial score (nSPS) is 11.6. The van der Waals surface area contributed by atoms with Crippen LogP contribution in [0.4, 0.5) is 4.39 Å². The van der Waals surface area contributed by atoms with Crippen LogP contribution in [0.5, 0.6) is 0 Å². The zero-order chi connectivity index (χ0) is 14.6. The fraction of sp³-hybridized carbons (Fsp3) is 0.250. The van der Waals surface area contributed by atoms with Crippen molar-refractivity contribution in [1.29, 1.82) is 0 Å². The Kier molecular flexibility index (Phi) is 5.31. The molecular formula is C16H14Cl3F. The van der Waals surface area contributed by atoms with E-state index in [0.717, 1.165) is 11.1 Å². The van der Waals surface area contributed by atoms with E-state index in [1.54, 1.807) is 6.07 Å². The molecule has 0 aliphatic heterocycles. The van der Waals surface area contributed by atoms with Crippen LogP contribution in [0.3, 0.4) is 0 Å². The van der Waals surface area contributed by atoms with Gasteiger partial charge < -0.3 is 0 Å². The van der Waals surface area contributed by atoms with Crippen LogP contribution >= 0.6 is 34.8 Å². The Morgan fingerprint density at radius 2 is 1.60 bits per heavy atom. The third-order valence-corrected chi connectivity index (χ3v) is 4.75. The predicted molar refractivity (Wildman–Crippen MR) is 84.7 cm³/mol. The molecule has 0 unspecified atom stereocenters. The first-order valence-corrected chi connectivity index (χ1v) is 7.67. The summed E-state index contributed by atoms with van der Waals surface area (Å²) in [6, 6.07) is 14.6. The van der Waals surface area contributed by atoms with Crippen LogP contribution in [0, 0.1) is 5.82 Å². The number of halogens is 4. The van der Waals surface area contributed by atoms with Crippen molar-refractivity contribution in [3.8, 4) is 0 Å². The molecule has 0 aromatic heterocycles. The average molecular weight is 332 g/mol. The number of benzene rings is 2. The molecule has 0 spiro atoms. The van der Waals surface area contributed by atoms with Crippen molar-refractivity contribution in [2.24, 2.45) is 0 Å². The summed E-state index contributed by atoms with van der Waals surface area (Å²) < 4.78 is 13.6. The third-order valence-electron chi connectivity index (χ3n) is 3.42. The second kappa shape index (κ2) is 6.80. The van der Waals surface area contributed by atoms with E-state index in [0.29, 0.717) is 18.2 Å². The lowest BCUT2D eigenvalue weighted by atomic mass is 9.79. The Labute approximate surface area is 133 Å². The summed E-state index contributed by atoms with van der Waals surface area (Å²) >= 11 is 18.1. The molecule has 0 aliphatic rings. The van der Waals surface area contributed by atoms with Crippen molar-refractivity contribution in [2.45, 2.75) is 11.8 Å². The number of alkyl halides is 2. The minimum atomic E-state index is -0.421. The van der Waals surface area contributed by atoms with Gasteiger partial charge >= 0.3 is 0 Å². The van der Waals surface area contributed by atoms with Crippen molar-refractivity contribution in [3.63, 3.8) is 0 Å². The molecule has 0 radical (unpaired) electrons. The van der Waals surface area contributed by atoms with Gasteiger partial charge in [-0.1, -0.05) is 48.0 Å². The molecule has 2 aromatic rings. The zero-order valence-corrected chi connectivity index (χ0v) is 13.0.